The Morgan fingerprint density at radius 1 is 0.294 bits per heavy atom. The number of ether oxygens (including phenoxy) is 6. The lowest BCUT2D eigenvalue weighted by Gasteiger charge is -2.34. The summed E-state index contributed by atoms with van der Waals surface area (Å²) in [6, 6.07) is 3.66. The predicted molar refractivity (Wildman–Crippen MR) is 406 cm³/mol. The summed E-state index contributed by atoms with van der Waals surface area (Å²) in [5.41, 5.74) is 54.9. The number of nitrogens with two attached hydrogens (primary N) is 11. The molecule has 1 rings (SSSR count). The third-order valence-electron chi connectivity index (χ3n) is 13.8. The number of aliphatic imine (C=N–C) groups is 6. The molecule has 33 N–H and O–H groups in total. The fourth-order valence-electron chi connectivity index (χ4n) is 8.85. The molecule has 0 heterocycles. The molecular formula is C64H116N28O17. The van der Waals surface area contributed by atoms with Gasteiger partial charge in [-0.25, -0.2) is 0 Å². The Bertz CT molecular complexity index is 2810. The summed E-state index contributed by atoms with van der Waals surface area (Å²) >= 11 is 0. The summed E-state index contributed by atoms with van der Waals surface area (Å²) in [5, 5.41) is 29.7. The monoisotopic (exact) mass is 1550 g/mol. The van der Waals surface area contributed by atoms with E-state index in [1.165, 1.54) is 18.2 Å². The minimum Gasteiger partial charge on any atom is -0.388 e. The molecule has 0 aliphatic heterocycles. The maximum Gasteiger partial charge on any atom is 0.251 e. The van der Waals surface area contributed by atoms with Crippen molar-refractivity contribution in [2.24, 2.45) is 93.0 Å². The molecule has 0 unspecified atom stereocenters. The minimum atomic E-state index is -1.59. The van der Waals surface area contributed by atoms with Gasteiger partial charge in [0.1, 0.15) is 11.1 Å². The number of carbonyl (C=O) groups is 11. The number of amides is 11. The average Bonchev–Trinajstić information content (AvgIpc) is 0.831. The van der Waals surface area contributed by atoms with Gasteiger partial charge in [-0.1, -0.05) is 0 Å². The molecule has 0 atom stereocenters. The Morgan fingerprint density at radius 2 is 0.514 bits per heavy atom. The van der Waals surface area contributed by atoms with E-state index in [1.807, 2.05) is 0 Å². The van der Waals surface area contributed by atoms with Crippen molar-refractivity contribution in [1.29, 1.82) is 0 Å². The first-order valence-electron chi connectivity index (χ1n) is 34.9. The summed E-state index contributed by atoms with van der Waals surface area (Å²) in [5.74, 6) is -6.69. The van der Waals surface area contributed by atoms with E-state index in [0.717, 1.165) is 0 Å². The Balaban J connectivity index is 3.63. The molecule has 0 bridgehead atoms. The number of rotatable bonds is 59. The highest BCUT2D eigenvalue weighted by Gasteiger charge is 2.36. The zero-order valence-electron chi connectivity index (χ0n) is 62.7. The highest BCUT2D eigenvalue weighted by molar-refractivity contribution is 6.05. The van der Waals surface area contributed by atoms with E-state index < -0.39 is 88.5 Å². The third kappa shape index (κ3) is 51.8. The molecule has 0 spiro atoms. The second-order valence-electron chi connectivity index (χ2n) is 25.1. The van der Waals surface area contributed by atoms with Gasteiger partial charge in [0.05, 0.1) is 124 Å². The lowest BCUT2D eigenvalue weighted by molar-refractivity contribution is -0.130. The second kappa shape index (κ2) is 55.4. The first-order chi connectivity index (χ1) is 51.6. The summed E-state index contributed by atoms with van der Waals surface area (Å²) in [7, 11) is 0. The van der Waals surface area contributed by atoms with E-state index in [4.69, 9.17) is 91.5 Å². The van der Waals surface area contributed by atoms with Gasteiger partial charge in [0.15, 0.2) is 29.8 Å². The number of nitrogens with zero attached hydrogens (tertiary/aromatic N) is 6. The van der Waals surface area contributed by atoms with Crippen molar-refractivity contribution in [1.82, 2.24) is 58.5 Å². The SMILES string of the molecule is CC(N)=NCCNC(=O)CCOCC(COCCC(=O)NCCN=C(N)N)(COCCC(=O)NCCN=C(N)N)NC(=O)CCNC(=O)c1cc(C(=O)NCCC(=O)NC(COCCC(=O)NCCN=C(N)N)(COCCC(=O)NCCN=C(N)N)COCCC(=O)NCCN=C(N)N)cc(C(=O)NC(C)(C)C)c1. The Morgan fingerprint density at radius 3 is 0.725 bits per heavy atom. The van der Waals surface area contributed by atoms with E-state index in [1.54, 1.807) is 27.7 Å². The van der Waals surface area contributed by atoms with Crippen LogP contribution in [0.3, 0.4) is 0 Å². The third-order valence-corrected chi connectivity index (χ3v) is 13.8. The van der Waals surface area contributed by atoms with E-state index in [-0.39, 0.29) is 262 Å². The molecule has 1 aromatic carbocycles. The van der Waals surface area contributed by atoms with Gasteiger partial charge in [0.25, 0.3) is 17.7 Å². The van der Waals surface area contributed by atoms with Gasteiger partial charge < -0.3 is 150 Å². The average molecular weight is 1550 g/mol. The van der Waals surface area contributed by atoms with Crippen LogP contribution >= 0.6 is 0 Å². The molecule has 0 aliphatic rings. The second-order valence-corrected chi connectivity index (χ2v) is 25.1. The fourth-order valence-corrected chi connectivity index (χ4v) is 8.85. The summed E-state index contributed by atoms with van der Waals surface area (Å²) in [6.07, 6.45) is -1.72. The summed E-state index contributed by atoms with van der Waals surface area (Å²) < 4.78 is 35.8. The molecule has 0 fully saturated rings. The molecule has 45 heteroatoms. The maximum absolute atomic E-state index is 14.1. The lowest BCUT2D eigenvalue weighted by Crippen LogP contribution is -2.59. The molecule has 0 radical (unpaired) electrons. The molecular weight excluding hydrogens is 1430 g/mol. The van der Waals surface area contributed by atoms with Gasteiger partial charge in [-0.15, -0.1) is 0 Å². The molecule has 0 saturated heterocycles. The summed E-state index contributed by atoms with van der Waals surface area (Å²) in [4.78, 5) is 170. The number of hydrogen-bond acceptors (Lipinski definition) is 23. The molecule has 1 aromatic rings. The molecule has 45 nitrogen and oxygen atoms in total. The standard InChI is InChI=1S/C64H116N28O17/c1-42(65)76-15-16-77-46(93)7-27-104-36-63(37-105-28-8-47(94)78-17-22-85-57(66)67,38-106-29-9-48(95)79-18-23-86-58(68)69)90-52(99)5-13-83-54(101)43-33-44(35-45(34-43)56(103)92-62(2,3)4)55(102)84-14-6-53(100)91-64(39-107-30-10-49(96)80-19-24-87-59(70)71,40-108-31-11-50(97)81-20-25-88-60(72)73)41-109-32-12-51(98)82-21-26-89-61(74)75/h33-35H,5-32,36-41H2,1-4H3,(H2,65,76)(H,77,93)(H,78,94)(H,79,95)(H,80,96)(H,81,97)(H,82,98)(H,83,101)(H,84,102)(H,90,99)(H,91,100)(H,92,103)(H4,66,67,85)(H4,68,69,86)(H4,70,71,87)(H4,72,73,88)(H4,74,75,89). The molecule has 0 aromatic heterocycles. The van der Waals surface area contributed by atoms with Crippen LogP contribution in [0.25, 0.3) is 0 Å². The number of amidine groups is 1. The maximum atomic E-state index is 14.1. The molecule has 109 heavy (non-hydrogen) atoms. The van der Waals surface area contributed by atoms with E-state index in [0.29, 0.717) is 5.84 Å². The first-order valence-corrected chi connectivity index (χ1v) is 34.9. The van der Waals surface area contributed by atoms with Crippen LogP contribution in [0.4, 0.5) is 0 Å². The van der Waals surface area contributed by atoms with Crippen LogP contribution in [-0.2, 0) is 66.8 Å². The van der Waals surface area contributed by atoms with Crippen molar-refractivity contribution in [2.45, 2.75) is 95.7 Å². The van der Waals surface area contributed by atoms with E-state index >= 15 is 0 Å². The summed E-state index contributed by atoms with van der Waals surface area (Å²) in [6.45, 7) is 4.41. The van der Waals surface area contributed by atoms with Gasteiger partial charge in [-0.05, 0) is 45.9 Å². The van der Waals surface area contributed by atoms with Crippen molar-refractivity contribution in [3.05, 3.63) is 34.9 Å². The van der Waals surface area contributed by atoms with Crippen LogP contribution in [0.2, 0.25) is 0 Å². The topological polar surface area (TPSA) is 736 Å². The molecule has 614 valence electrons. The quantitative estimate of drug-likeness (QED) is 0.0164. The normalized spacial score (nSPS) is 11.2. The Kier molecular flexibility index (Phi) is 48.8. The first kappa shape index (κ1) is 96.0. The van der Waals surface area contributed by atoms with E-state index in [2.05, 4.69) is 88.4 Å². The van der Waals surface area contributed by atoms with Gasteiger partial charge in [0.2, 0.25) is 47.3 Å². The largest absolute Gasteiger partial charge is 0.388 e. The smallest absolute Gasteiger partial charge is 0.251 e. The number of benzene rings is 1. The highest BCUT2D eigenvalue weighted by atomic mass is 16.5. The zero-order valence-corrected chi connectivity index (χ0v) is 62.7. The van der Waals surface area contributed by atoms with Crippen LogP contribution < -0.4 is 122 Å². The van der Waals surface area contributed by atoms with Gasteiger partial charge >= 0.3 is 0 Å². The van der Waals surface area contributed by atoms with Crippen LogP contribution in [0.15, 0.2) is 48.2 Å². The van der Waals surface area contributed by atoms with Crippen LogP contribution in [0, 0.1) is 0 Å². The van der Waals surface area contributed by atoms with Gasteiger partial charge in [0, 0.05) is 126 Å². The molecule has 0 aliphatic carbocycles. The van der Waals surface area contributed by atoms with Crippen molar-refractivity contribution in [3.8, 4) is 0 Å². The lowest BCUT2D eigenvalue weighted by atomic mass is 10.0. The zero-order chi connectivity index (χ0) is 81.5. The Labute approximate surface area is 632 Å². The number of nitrogens with one attached hydrogen (secondary N) is 11. The fraction of sp³-hybridized carbons (Fsp3) is 0.641. The van der Waals surface area contributed by atoms with E-state index in [9.17, 15) is 52.7 Å². The predicted octanol–water partition coefficient (Wildman–Crippen LogP) is -9.95. The number of guanidine groups is 5. The number of hydrogen-bond donors (Lipinski definition) is 22. The van der Waals surface area contributed by atoms with Crippen LogP contribution in [-0.4, -0.2) is 288 Å². The van der Waals surface area contributed by atoms with Crippen molar-refractivity contribution in [2.75, 3.05) is 171 Å². The Hall–Kier alpha value is -11.0. The van der Waals surface area contributed by atoms with Crippen molar-refractivity contribution in [3.63, 3.8) is 0 Å². The minimum absolute atomic E-state index is 0.113. The van der Waals surface area contributed by atoms with Gasteiger partial charge in [-0.2, -0.15) is 0 Å². The molecule has 0 saturated carbocycles. The highest BCUT2D eigenvalue weighted by Crippen LogP contribution is 2.16. The van der Waals surface area contributed by atoms with Crippen molar-refractivity contribution < 1.29 is 81.2 Å². The van der Waals surface area contributed by atoms with Crippen LogP contribution in [0.1, 0.15) is 110 Å². The van der Waals surface area contributed by atoms with Gasteiger partial charge in [-0.3, -0.25) is 82.7 Å². The van der Waals surface area contributed by atoms with Crippen LogP contribution in [0.5, 0.6) is 0 Å². The van der Waals surface area contributed by atoms with Crippen molar-refractivity contribution >= 4 is 101 Å². The molecule has 11 amide bonds. The number of carbonyl (C=O) groups excluding carboxylic acids is 11.